The summed E-state index contributed by atoms with van der Waals surface area (Å²) >= 11 is 0. The number of aromatic amines is 1. The summed E-state index contributed by atoms with van der Waals surface area (Å²) in [6.45, 7) is 0.825. The number of morpholine rings is 1. The molecule has 8 nitrogen and oxygen atoms in total. The van der Waals surface area contributed by atoms with Crippen LogP contribution in [0.4, 0.5) is 0 Å². The van der Waals surface area contributed by atoms with Crippen LogP contribution in [0, 0.1) is 0 Å². The van der Waals surface area contributed by atoms with Crippen LogP contribution in [0.25, 0.3) is 0 Å². The first kappa shape index (κ1) is 13.5. The number of nitrogens with one attached hydrogen (secondary N) is 1. The summed E-state index contributed by atoms with van der Waals surface area (Å²) in [5.74, 6) is -1.32. The lowest BCUT2D eigenvalue weighted by molar-refractivity contribution is -0.135. The standard InChI is InChI=1S/C11H15N3O5S/c15-10(16)8-6-12-13-9(8)20(17,18)14-4-5-19-11(7-14)2-1-3-11/h6H,1-5,7H2,(H,12,13)(H,15,16). The molecule has 1 spiro atoms. The molecule has 0 atom stereocenters. The van der Waals surface area contributed by atoms with Crippen LogP contribution in [0.5, 0.6) is 0 Å². The molecule has 2 fully saturated rings. The van der Waals surface area contributed by atoms with Gasteiger partial charge in [0.05, 0.1) is 18.4 Å². The van der Waals surface area contributed by atoms with Crippen molar-refractivity contribution < 1.29 is 23.1 Å². The Morgan fingerprint density at radius 2 is 2.25 bits per heavy atom. The van der Waals surface area contributed by atoms with Gasteiger partial charge < -0.3 is 9.84 Å². The van der Waals surface area contributed by atoms with E-state index in [1.54, 1.807) is 0 Å². The van der Waals surface area contributed by atoms with E-state index in [2.05, 4.69) is 10.2 Å². The van der Waals surface area contributed by atoms with Crippen molar-refractivity contribution in [2.75, 3.05) is 19.7 Å². The molecule has 1 saturated heterocycles. The van der Waals surface area contributed by atoms with E-state index in [0.29, 0.717) is 6.61 Å². The number of ether oxygens (including phenoxy) is 1. The summed E-state index contributed by atoms with van der Waals surface area (Å²) in [6.07, 6.45) is 3.72. The molecule has 1 aliphatic carbocycles. The van der Waals surface area contributed by atoms with Gasteiger partial charge in [-0.2, -0.15) is 9.40 Å². The van der Waals surface area contributed by atoms with Crippen LogP contribution in [-0.2, 0) is 14.8 Å². The Hall–Kier alpha value is -1.45. The van der Waals surface area contributed by atoms with E-state index in [1.165, 1.54) is 4.31 Å². The maximum Gasteiger partial charge on any atom is 0.340 e. The van der Waals surface area contributed by atoms with Gasteiger partial charge in [0.2, 0.25) is 0 Å². The topological polar surface area (TPSA) is 113 Å². The number of rotatable bonds is 3. The van der Waals surface area contributed by atoms with Gasteiger partial charge in [-0.05, 0) is 19.3 Å². The predicted octanol–water partition coefficient (Wildman–Crippen LogP) is 0.0515. The van der Waals surface area contributed by atoms with E-state index >= 15 is 0 Å². The van der Waals surface area contributed by atoms with E-state index in [-0.39, 0.29) is 29.3 Å². The quantitative estimate of drug-likeness (QED) is 0.815. The van der Waals surface area contributed by atoms with Crippen LogP contribution in [-0.4, -0.2) is 59.3 Å². The van der Waals surface area contributed by atoms with E-state index in [9.17, 15) is 13.2 Å². The zero-order valence-corrected chi connectivity index (χ0v) is 11.5. The Morgan fingerprint density at radius 3 is 2.85 bits per heavy atom. The van der Waals surface area contributed by atoms with Crippen LogP contribution in [0.2, 0.25) is 0 Å². The monoisotopic (exact) mass is 301 g/mol. The largest absolute Gasteiger partial charge is 0.478 e. The van der Waals surface area contributed by atoms with Crippen molar-refractivity contribution >= 4 is 16.0 Å². The number of aromatic carboxylic acids is 1. The summed E-state index contributed by atoms with van der Waals surface area (Å²) in [6, 6.07) is 0. The summed E-state index contributed by atoms with van der Waals surface area (Å²) in [4.78, 5) is 11.0. The fourth-order valence-corrected chi connectivity index (χ4v) is 4.21. The van der Waals surface area contributed by atoms with Crippen molar-refractivity contribution in [3.05, 3.63) is 11.8 Å². The molecule has 0 amide bonds. The minimum Gasteiger partial charge on any atom is -0.478 e. The Morgan fingerprint density at radius 1 is 1.50 bits per heavy atom. The molecule has 20 heavy (non-hydrogen) atoms. The number of nitrogens with zero attached hydrogens (tertiary/aromatic N) is 2. The average molecular weight is 301 g/mol. The maximum atomic E-state index is 12.5. The van der Waals surface area contributed by atoms with Crippen molar-refractivity contribution in [2.24, 2.45) is 0 Å². The highest BCUT2D eigenvalue weighted by Gasteiger charge is 2.46. The summed E-state index contributed by atoms with van der Waals surface area (Å²) in [5, 5.41) is 14.5. The third-order valence-electron chi connectivity index (χ3n) is 3.91. The lowest BCUT2D eigenvalue weighted by Crippen LogP contribution is -2.57. The summed E-state index contributed by atoms with van der Waals surface area (Å²) in [7, 11) is -3.89. The number of hydrogen-bond acceptors (Lipinski definition) is 5. The first-order valence-electron chi connectivity index (χ1n) is 6.35. The number of sulfonamides is 1. The molecule has 0 radical (unpaired) electrons. The van der Waals surface area contributed by atoms with Gasteiger partial charge in [-0.15, -0.1) is 0 Å². The van der Waals surface area contributed by atoms with Gasteiger partial charge in [-0.3, -0.25) is 5.10 Å². The van der Waals surface area contributed by atoms with Crippen molar-refractivity contribution in [1.29, 1.82) is 0 Å². The van der Waals surface area contributed by atoms with E-state index < -0.39 is 16.0 Å². The van der Waals surface area contributed by atoms with Gasteiger partial charge >= 0.3 is 5.97 Å². The Bertz CT molecular complexity index is 634. The van der Waals surface area contributed by atoms with E-state index in [0.717, 1.165) is 25.5 Å². The van der Waals surface area contributed by atoms with Crippen LogP contribution in [0.3, 0.4) is 0 Å². The van der Waals surface area contributed by atoms with Crippen molar-refractivity contribution in [2.45, 2.75) is 29.9 Å². The van der Waals surface area contributed by atoms with E-state index in [1.807, 2.05) is 0 Å². The molecule has 0 aromatic carbocycles. The first-order chi connectivity index (χ1) is 9.45. The highest BCUT2D eigenvalue weighted by molar-refractivity contribution is 7.89. The maximum absolute atomic E-state index is 12.5. The van der Waals surface area contributed by atoms with Gasteiger partial charge in [0.25, 0.3) is 10.0 Å². The number of carboxylic acids is 1. The van der Waals surface area contributed by atoms with Crippen LogP contribution in [0.15, 0.2) is 11.2 Å². The SMILES string of the molecule is O=C(O)c1cn[nH]c1S(=O)(=O)N1CCOC2(CCC2)C1. The van der Waals surface area contributed by atoms with Gasteiger partial charge in [-0.25, -0.2) is 13.2 Å². The number of hydrogen-bond donors (Lipinski definition) is 2. The number of aromatic nitrogens is 2. The van der Waals surface area contributed by atoms with Gasteiger partial charge in [0.15, 0.2) is 5.03 Å². The second-order valence-electron chi connectivity index (χ2n) is 5.14. The molecular weight excluding hydrogens is 286 g/mol. The zero-order valence-electron chi connectivity index (χ0n) is 10.7. The van der Waals surface area contributed by atoms with Crippen LogP contribution < -0.4 is 0 Å². The lowest BCUT2D eigenvalue weighted by Gasteiger charge is -2.47. The van der Waals surface area contributed by atoms with Gasteiger partial charge in [-0.1, -0.05) is 0 Å². The average Bonchev–Trinajstić information content (AvgIpc) is 2.87. The first-order valence-corrected chi connectivity index (χ1v) is 7.79. The molecule has 1 saturated carbocycles. The minimum atomic E-state index is -3.89. The second kappa shape index (κ2) is 4.54. The number of carboxylic acid groups (broad SMARTS) is 1. The molecule has 1 aromatic heterocycles. The highest BCUT2D eigenvalue weighted by atomic mass is 32.2. The summed E-state index contributed by atoms with van der Waals surface area (Å²) < 4.78 is 32.0. The highest BCUT2D eigenvalue weighted by Crippen LogP contribution is 2.39. The zero-order chi connectivity index (χ0) is 14.4. The molecule has 1 aromatic rings. The fourth-order valence-electron chi connectivity index (χ4n) is 2.64. The number of carbonyl (C=O) groups is 1. The minimum absolute atomic E-state index is 0.224. The van der Waals surface area contributed by atoms with E-state index in [4.69, 9.17) is 9.84 Å². The molecule has 2 N–H and O–H groups in total. The normalized spacial score (nSPS) is 22.6. The molecular formula is C11H15N3O5S. The second-order valence-corrected chi connectivity index (χ2v) is 7.02. The third-order valence-corrected chi connectivity index (χ3v) is 5.73. The molecule has 3 rings (SSSR count). The Balaban J connectivity index is 1.91. The third kappa shape index (κ3) is 2.02. The van der Waals surface area contributed by atoms with Crippen molar-refractivity contribution in [3.63, 3.8) is 0 Å². The number of H-pyrrole nitrogens is 1. The molecule has 0 unspecified atom stereocenters. The summed E-state index contributed by atoms with van der Waals surface area (Å²) in [5.41, 5.74) is -0.714. The molecule has 2 aliphatic rings. The molecule has 1 aliphatic heterocycles. The van der Waals surface area contributed by atoms with Gasteiger partial charge in [0, 0.05) is 13.1 Å². The van der Waals surface area contributed by atoms with Crippen molar-refractivity contribution in [1.82, 2.24) is 14.5 Å². The smallest absolute Gasteiger partial charge is 0.340 e. The van der Waals surface area contributed by atoms with Gasteiger partial charge in [0.1, 0.15) is 5.56 Å². The van der Waals surface area contributed by atoms with Crippen molar-refractivity contribution in [3.8, 4) is 0 Å². The van der Waals surface area contributed by atoms with Crippen LogP contribution >= 0.6 is 0 Å². The lowest BCUT2D eigenvalue weighted by atomic mass is 9.79. The molecule has 2 heterocycles. The molecule has 0 bridgehead atoms. The molecule has 110 valence electrons. The predicted molar refractivity (Wildman–Crippen MR) is 66.8 cm³/mol. The van der Waals surface area contributed by atoms with Crippen LogP contribution in [0.1, 0.15) is 29.6 Å². The fraction of sp³-hybridized carbons (Fsp3) is 0.636. The Labute approximate surface area is 115 Å². The molecule has 9 heteroatoms. The Kier molecular flexibility index (Phi) is 3.07.